The van der Waals surface area contributed by atoms with Gasteiger partial charge >= 0.3 is 12.2 Å². The summed E-state index contributed by atoms with van der Waals surface area (Å²) in [5, 5.41) is 9.29. The highest BCUT2D eigenvalue weighted by Crippen LogP contribution is 2.51. The van der Waals surface area contributed by atoms with E-state index in [1.165, 1.54) is 6.92 Å². The van der Waals surface area contributed by atoms with Gasteiger partial charge in [0, 0.05) is 11.8 Å². The molecule has 44 heavy (non-hydrogen) atoms. The number of aliphatic hydroxyl groups is 1. The lowest BCUT2D eigenvalue weighted by Crippen LogP contribution is -2.33. The van der Waals surface area contributed by atoms with Gasteiger partial charge in [-0.05, 0) is 50.3 Å². The van der Waals surface area contributed by atoms with Gasteiger partial charge < -0.3 is 30.9 Å². The van der Waals surface area contributed by atoms with Gasteiger partial charge in [0.25, 0.3) is 0 Å². The van der Waals surface area contributed by atoms with E-state index < -0.39 is 46.0 Å². The van der Waals surface area contributed by atoms with Crippen LogP contribution in [0.4, 0.5) is 35.0 Å². The second-order valence-electron chi connectivity index (χ2n) is 11.0. The van der Waals surface area contributed by atoms with Gasteiger partial charge in [-0.25, -0.2) is 14.4 Å². The minimum atomic E-state index is -4.91. The smallest absolute Gasteiger partial charge is 0.418 e. The minimum Gasteiger partial charge on any atom is -0.489 e. The molecule has 1 aliphatic heterocycles. The van der Waals surface area contributed by atoms with Crippen LogP contribution in [0.2, 0.25) is 5.02 Å². The average Bonchev–Trinajstić information content (AvgIpc) is 3.12. The molecule has 5 N–H and O–H groups in total. The molecule has 1 aliphatic carbocycles. The Morgan fingerprint density at radius 3 is 2.66 bits per heavy atom. The van der Waals surface area contributed by atoms with Crippen LogP contribution in [0.15, 0.2) is 24.4 Å². The van der Waals surface area contributed by atoms with E-state index in [1.807, 2.05) is 6.92 Å². The Balaban J connectivity index is 1.61. The monoisotopic (exact) mass is 633 g/mol. The largest absolute Gasteiger partial charge is 0.489 e. The van der Waals surface area contributed by atoms with E-state index in [1.54, 1.807) is 23.2 Å². The number of hydrogen-bond acceptors (Lipinski definition) is 10. The SMILES string of the molecule is Cc1cc(N)nc(-c2c(Cl)c3c4c(nc(OCC5CC(O)C5)nc4c2F)N([C@H](C)c2cccnc2N)CCO3)c1C(F)(F)F. The fourth-order valence-electron chi connectivity index (χ4n) is 5.80. The summed E-state index contributed by atoms with van der Waals surface area (Å²) < 4.78 is 71.5. The van der Waals surface area contributed by atoms with Crippen LogP contribution in [0, 0.1) is 18.7 Å². The zero-order chi connectivity index (χ0) is 31.5. The summed E-state index contributed by atoms with van der Waals surface area (Å²) in [7, 11) is 0. The normalized spacial score (nSPS) is 18.9. The van der Waals surface area contributed by atoms with E-state index in [-0.39, 0.29) is 71.4 Å². The van der Waals surface area contributed by atoms with Gasteiger partial charge in [-0.3, -0.25) is 0 Å². The summed E-state index contributed by atoms with van der Waals surface area (Å²) in [5.74, 6) is -1.04. The van der Waals surface area contributed by atoms with Crippen LogP contribution in [-0.4, -0.2) is 50.9 Å². The van der Waals surface area contributed by atoms with Crippen LogP contribution < -0.4 is 25.8 Å². The first-order chi connectivity index (χ1) is 20.8. The van der Waals surface area contributed by atoms with Crippen molar-refractivity contribution in [2.45, 2.75) is 45.0 Å². The standard InChI is InChI=1S/C29H28ClF4N7O3/c1-12-8-17(35)38-23(20(12)29(32,33)34)18-21(30)25-19-24(22(18)31)39-28(44-11-14-9-15(42)10-14)40-27(19)41(6-7-43-25)13(2)16-4-3-5-37-26(16)36/h3-5,8,13-15,42H,6-7,9-11H2,1-2H3,(H2,35,38)(H2,36,37)/t13-,14?,15?/m1/s1. The van der Waals surface area contributed by atoms with E-state index in [9.17, 15) is 18.3 Å². The number of alkyl halides is 3. The molecule has 232 valence electrons. The van der Waals surface area contributed by atoms with Gasteiger partial charge in [0.2, 0.25) is 0 Å². The van der Waals surface area contributed by atoms with Crippen LogP contribution in [0.3, 0.4) is 0 Å². The molecule has 1 fully saturated rings. The van der Waals surface area contributed by atoms with Crippen LogP contribution in [0.25, 0.3) is 22.2 Å². The van der Waals surface area contributed by atoms with Gasteiger partial charge in [0.1, 0.15) is 29.6 Å². The van der Waals surface area contributed by atoms with Crippen molar-refractivity contribution in [3.05, 3.63) is 51.9 Å². The number of hydrogen-bond donors (Lipinski definition) is 3. The first-order valence-electron chi connectivity index (χ1n) is 13.8. The predicted molar refractivity (Wildman–Crippen MR) is 156 cm³/mol. The molecule has 3 aromatic heterocycles. The van der Waals surface area contributed by atoms with Crippen LogP contribution in [0.1, 0.15) is 42.5 Å². The summed E-state index contributed by atoms with van der Waals surface area (Å²) in [6.45, 7) is 3.42. The Morgan fingerprint density at radius 2 is 1.98 bits per heavy atom. The van der Waals surface area contributed by atoms with Crippen molar-refractivity contribution >= 4 is 40.0 Å². The molecule has 1 saturated carbocycles. The molecule has 0 bridgehead atoms. The zero-order valence-corrected chi connectivity index (χ0v) is 24.4. The van der Waals surface area contributed by atoms with Crippen molar-refractivity contribution in [3.8, 4) is 23.0 Å². The topological polar surface area (TPSA) is 146 Å². The maximum atomic E-state index is 16.7. The number of rotatable bonds is 6. The van der Waals surface area contributed by atoms with Crippen molar-refractivity contribution in [1.82, 2.24) is 19.9 Å². The molecule has 0 unspecified atom stereocenters. The highest BCUT2D eigenvalue weighted by Gasteiger charge is 2.40. The molecule has 6 rings (SSSR count). The van der Waals surface area contributed by atoms with E-state index in [0.717, 1.165) is 6.07 Å². The van der Waals surface area contributed by atoms with Crippen LogP contribution in [-0.2, 0) is 6.18 Å². The number of nitrogens with two attached hydrogens (primary N) is 2. The zero-order valence-electron chi connectivity index (χ0n) is 23.6. The Labute approximate surface area is 254 Å². The molecule has 0 spiro atoms. The maximum absolute atomic E-state index is 16.7. The van der Waals surface area contributed by atoms with Gasteiger partial charge in [-0.15, -0.1) is 0 Å². The summed E-state index contributed by atoms with van der Waals surface area (Å²) in [4.78, 5) is 18.8. The van der Waals surface area contributed by atoms with Crippen molar-refractivity contribution in [2.75, 3.05) is 36.1 Å². The quantitative estimate of drug-likeness (QED) is 0.233. The molecule has 1 aromatic carbocycles. The number of aromatic nitrogens is 4. The third kappa shape index (κ3) is 5.15. The molecular weight excluding hydrogens is 606 g/mol. The number of nitrogen functional groups attached to an aromatic ring is 2. The van der Waals surface area contributed by atoms with Crippen LogP contribution >= 0.6 is 11.6 Å². The van der Waals surface area contributed by atoms with Crippen LogP contribution in [0.5, 0.6) is 11.8 Å². The van der Waals surface area contributed by atoms with Gasteiger partial charge in [0.05, 0.1) is 52.5 Å². The Bertz CT molecular complexity index is 1770. The third-order valence-electron chi connectivity index (χ3n) is 8.00. The molecular formula is C29H28ClF4N7O3. The molecule has 1 atom stereocenters. The number of nitrogens with zero attached hydrogens (tertiary/aromatic N) is 5. The highest BCUT2D eigenvalue weighted by molar-refractivity contribution is 6.36. The number of ether oxygens (including phenoxy) is 2. The third-order valence-corrected chi connectivity index (χ3v) is 8.36. The first kappa shape index (κ1) is 29.9. The lowest BCUT2D eigenvalue weighted by atomic mass is 9.83. The number of benzene rings is 1. The average molecular weight is 634 g/mol. The molecule has 2 aliphatic rings. The summed E-state index contributed by atoms with van der Waals surface area (Å²) in [6.07, 6.45) is -2.73. The second kappa shape index (κ2) is 11.1. The summed E-state index contributed by atoms with van der Waals surface area (Å²) in [5.41, 5.74) is 9.39. The number of halogens is 5. The lowest BCUT2D eigenvalue weighted by molar-refractivity contribution is -0.137. The highest BCUT2D eigenvalue weighted by atomic mass is 35.5. The minimum absolute atomic E-state index is 0.00637. The maximum Gasteiger partial charge on any atom is 0.418 e. The molecule has 0 amide bonds. The Morgan fingerprint density at radius 1 is 1.23 bits per heavy atom. The fraction of sp³-hybridized carbons (Fsp3) is 0.379. The van der Waals surface area contributed by atoms with E-state index in [0.29, 0.717) is 18.4 Å². The van der Waals surface area contributed by atoms with E-state index in [2.05, 4.69) is 19.9 Å². The van der Waals surface area contributed by atoms with Gasteiger partial charge in [-0.1, -0.05) is 17.7 Å². The van der Waals surface area contributed by atoms with Crippen molar-refractivity contribution < 1.29 is 32.1 Å². The van der Waals surface area contributed by atoms with E-state index in [4.69, 9.17) is 32.5 Å². The van der Waals surface area contributed by atoms with Gasteiger partial charge in [-0.2, -0.15) is 23.1 Å². The molecule has 15 heteroatoms. The van der Waals surface area contributed by atoms with Gasteiger partial charge in [0.15, 0.2) is 11.6 Å². The predicted octanol–water partition coefficient (Wildman–Crippen LogP) is 5.48. The first-order valence-corrected chi connectivity index (χ1v) is 14.2. The number of aliphatic hydroxyl groups excluding tert-OH is 1. The number of pyridine rings is 2. The molecule has 0 saturated heterocycles. The fourth-order valence-corrected chi connectivity index (χ4v) is 6.12. The number of anilines is 3. The van der Waals surface area contributed by atoms with Crippen molar-refractivity contribution in [2.24, 2.45) is 5.92 Å². The number of aryl methyl sites for hydroxylation is 1. The summed E-state index contributed by atoms with van der Waals surface area (Å²) in [6, 6.07) is 3.90. The Hall–Kier alpha value is -4.17. The van der Waals surface area contributed by atoms with Crippen molar-refractivity contribution in [3.63, 3.8) is 0 Å². The summed E-state index contributed by atoms with van der Waals surface area (Å²) >= 11 is 6.71. The molecule has 0 radical (unpaired) electrons. The Kier molecular flexibility index (Phi) is 7.52. The molecule has 4 aromatic rings. The lowest BCUT2D eigenvalue weighted by Gasteiger charge is -2.31. The molecule has 10 nitrogen and oxygen atoms in total. The molecule has 4 heterocycles. The second-order valence-corrected chi connectivity index (χ2v) is 11.3. The van der Waals surface area contributed by atoms with Crippen molar-refractivity contribution in [1.29, 1.82) is 0 Å². The van der Waals surface area contributed by atoms with E-state index >= 15 is 4.39 Å².